The van der Waals surface area contributed by atoms with E-state index in [0.717, 1.165) is 0 Å². The van der Waals surface area contributed by atoms with Crippen molar-refractivity contribution < 1.29 is 32.7 Å². The van der Waals surface area contributed by atoms with E-state index in [1.54, 1.807) is 0 Å². The van der Waals surface area contributed by atoms with Gasteiger partial charge in [0, 0.05) is 0 Å². The molecule has 0 N–H and O–H groups in total. The fourth-order valence-corrected chi connectivity index (χ4v) is 1.53. The first-order valence-electron chi connectivity index (χ1n) is 2.08. The van der Waals surface area contributed by atoms with Gasteiger partial charge in [-0.15, -0.1) is 0 Å². The van der Waals surface area contributed by atoms with Gasteiger partial charge in [0.1, 0.15) is 0 Å². The van der Waals surface area contributed by atoms with Crippen molar-refractivity contribution >= 4 is 11.8 Å². The van der Waals surface area contributed by atoms with Gasteiger partial charge in [-0.3, -0.25) is 0 Å². The van der Waals surface area contributed by atoms with Crippen LogP contribution in [0.15, 0.2) is 0 Å². The molecule has 0 spiro atoms. The molecule has 0 aromatic carbocycles. The van der Waals surface area contributed by atoms with Crippen molar-refractivity contribution in [2.24, 2.45) is 0 Å². The monoisotopic (exact) mass is 168 g/mol. The van der Waals surface area contributed by atoms with E-state index in [9.17, 15) is 0 Å². The van der Waals surface area contributed by atoms with Crippen LogP contribution in [-0.4, -0.2) is 11.5 Å². The molecule has 1 aliphatic heterocycles. The van der Waals surface area contributed by atoms with Crippen molar-refractivity contribution in [3.05, 3.63) is 0 Å². The van der Waals surface area contributed by atoms with E-state index in [2.05, 4.69) is 11.8 Å². The van der Waals surface area contributed by atoms with E-state index < -0.39 is 0 Å². The summed E-state index contributed by atoms with van der Waals surface area (Å²) in [5, 5.41) is 0. The number of hydrogen-bond acceptors (Lipinski definition) is 1. The quantitative estimate of drug-likeness (QED) is 0.502. The SMILES string of the molecule is C1CCSC1.[O-2].[O-2].[Ti+4]. The molecule has 0 amide bonds. The molecule has 46 valence electrons. The van der Waals surface area contributed by atoms with Crippen molar-refractivity contribution in [2.75, 3.05) is 11.5 Å². The molecule has 8 heavy (non-hydrogen) atoms. The van der Waals surface area contributed by atoms with E-state index in [-0.39, 0.29) is 32.7 Å². The molecule has 1 saturated heterocycles. The third-order valence-corrected chi connectivity index (χ3v) is 1.98. The number of thioether (sulfide) groups is 1. The Labute approximate surface area is 68.9 Å². The van der Waals surface area contributed by atoms with Crippen LogP contribution in [0.5, 0.6) is 0 Å². The average molecular weight is 168 g/mol. The maximum absolute atomic E-state index is 2.07. The zero-order chi connectivity index (χ0) is 3.54. The average Bonchev–Trinajstić information content (AvgIpc) is 1.76. The first kappa shape index (κ1) is 16.0. The minimum atomic E-state index is 0. The Bertz CT molecular complexity index is 25.6. The Hall–Kier alpha value is 0.984. The standard InChI is InChI=1S/C4H8S.2O.Ti/c1-2-4-5-3-1;;;/h1-4H2;;;/q;2*-2;+4. The first-order chi connectivity index (χ1) is 2.50. The minimum absolute atomic E-state index is 0. The molecule has 1 rings (SSSR count). The second-order valence-corrected chi connectivity index (χ2v) is 2.54. The third-order valence-electron chi connectivity index (χ3n) is 0.827. The van der Waals surface area contributed by atoms with Gasteiger partial charge in [0.25, 0.3) is 0 Å². The number of rotatable bonds is 0. The summed E-state index contributed by atoms with van der Waals surface area (Å²) in [6, 6.07) is 0. The second-order valence-electron chi connectivity index (χ2n) is 1.32. The fraction of sp³-hybridized carbons (Fsp3) is 1.00. The molecule has 0 aromatic rings. The van der Waals surface area contributed by atoms with E-state index in [4.69, 9.17) is 0 Å². The van der Waals surface area contributed by atoms with E-state index >= 15 is 0 Å². The zero-order valence-corrected chi connectivity index (χ0v) is 6.93. The van der Waals surface area contributed by atoms with Gasteiger partial charge in [0.05, 0.1) is 0 Å². The third kappa shape index (κ3) is 6.98. The van der Waals surface area contributed by atoms with Gasteiger partial charge >= 0.3 is 21.7 Å². The predicted molar refractivity (Wildman–Crippen MR) is 27.9 cm³/mol. The Balaban J connectivity index is -0.0000000833. The molecule has 0 aromatic heterocycles. The van der Waals surface area contributed by atoms with Crippen molar-refractivity contribution in [1.82, 2.24) is 0 Å². The summed E-state index contributed by atoms with van der Waals surface area (Å²) < 4.78 is 0. The normalized spacial score (nSPS) is 15.0. The maximum atomic E-state index is 2.07. The summed E-state index contributed by atoms with van der Waals surface area (Å²) in [6.45, 7) is 0. The summed E-state index contributed by atoms with van der Waals surface area (Å²) >= 11 is 2.07. The van der Waals surface area contributed by atoms with Crippen LogP contribution in [0.2, 0.25) is 0 Å². The van der Waals surface area contributed by atoms with Gasteiger partial charge in [-0.2, -0.15) is 11.8 Å². The van der Waals surface area contributed by atoms with Crippen LogP contribution in [-0.2, 0) is 32.7 Å². The van der Waals surface area contributed by atoms with Gasteiger partial charge < -0.3 is 11.0 Å². The van der Waals surface area contributed by atoms with Crippen LogP contribution < -0.4 is 0 Å². The predicted octanol–water partition coefficient (Wildman–Crippen LogP) is 1.27. The van der Waals surface area contributed by atoms with Crippen LogP contribution in [0.3, 0.4) is 0 Å². The number of hydrogen-bond donors (Lipinski definition) is 0. The largest absolute Gasteiger partial charge is 4.00 e. The van der Waals surface area contributed by atoms with Crippen LogP contribution in [0.4, 0.5) is 0 Å². The second kappa shape index (κ2) is 10.9. The van der Waals surface area contributed by atoms with Crippen molar-refractivity contribution in [1.29, 1.82) is 0 Å². The Morgan fingerprint density at radius 2 is 1.25 bits per heavy atom. The Morgan fingerprint density at radius 3 is 1.38 bits per heavy atom. The molecule has 0 atom stereocenters. The van der Waals surface area contributed by atoms with E-state index in [0.29, 0.717) is 0 Å². The minimum Gasteiger partial charge on any atom is -2.00 e. The van der Waals surface area contributed by atoms with Crippen LogP contribution in [0, 0.1) is 0 Å². The first-order valence-corrected chi connectivity index (χ1v) is 3.23. The summed E-state index contributed by atoms with van der Waals surface area (Å²) in [5.74, 6) is 2.83. The molecule has 0 aliphatic carbocycles. The van der Waals surface area contributed by atoms with Crippen LogP contribution in [0.25, 0.3) is 0 Å². The molecule has 0 radical (unpaired) electrons. The molecule has 0 unspecified atom stereocenters. The van der Waals surface area contributed by atoms with Gasteiger partial charge in [0.2, 0.25) is 0 Å². The van der Waals surface area contributed by atoms with Gasteiger partial charge in [-0.05, 0) is 24.3 Å². The van der Waals surface area contributed by atoms with Gasteiger partial charge in [-0.25, -0.2) is 0 Å². The topological polar surface area (TPSA) is 57.0 Å². The van der Waals surface area contributed by atoms with Gasteiger partial charge in [0.15, 0.2) is 0 Å². The fourth-order valence-electron chi connectivity index (χ4n) is 0.510. The summed E-state index contributed by atoms with van der Waals surface area (Å²) in [6.07, 6.45) is 2.93. The van der Waals surface area contributed by atoms with Crippen molar-refractivity contribution in [3.8, 4) is 0 Å². The molecular weight excluding hydrogens is 160 g/mol. The summed E-state index contributed by atoms with van der Waals surface area (Å²) in [4.78, 5) is 0. The van der Waals surface area contributed by atoms with E-state index in [1.165, 1.54) is 24.3 Å². The zero-order valence-electron chi connectivity index (χ0n) is 4.55. The molecular formula is C4H8O2STi. The van der Waals surface area contributed by atoms with Crippen LogP contribution >= 0.6 is 11.8 Å². The molecule has 1 fully saturated rings. The molecule has 0 saturated carbocycles. The molecule has 1 heterocycles. The van der Waals surface area contributed by atoms with Crippen molar-refractivity contribution in [3.63, 3.8) is 0 Å². The van der Waals surface area contributed by atoms with Crippen LogP contribution in [0.1, 0.15) is 12.8 Å². The summed E-state index contributed by atoms with van der Waals surface area (Å²) in [7, 11) is 0. The smallest absolute Gasteiger partial charge is 2.00 e. The van der Waals surface area contributed by atoms with Gasteiger partial charge in [-0.1, -0.05) is 0 Å². The molecule has 0 bridgehead atoms. The Morgan fingerprint density at radius 1 is 0.875 bits per heavy atom. The van der Waals surface area contributed by atoms with Crippen molar-refractivity contribution in [2.45, 2.75) is 12.8 Å². The van der Waals surface area contributed by atoms with E-state index in [1.807, 2.05) is 0 Å². The molecule has 2 nitrogen and oxygen atoms in total. The maximum Gasteiger partial charge on any atom is 4.00 e. The molecule has 4 heteroatoms. The summed E-state index contributed by atoms with van der Waals surface area (Å²) in [5.41, 5.74) is 0. The molecule has 1 aliphatic rings. The Kier molecular flexibility index (Phi) is 21.7.